The average molecular weight is 628 g/mol. The van der Waals surface area contributed by atoms with E-state index in [9.17, 15) is 31.1 Å². The Labute approximate surface area is 249 Å². The van der Waals surface area contributed by atoms with E-state index in [4.69, 9.17) is 19.8 Å². The van der Waals surface area contributed by atoms with Gasteiger partial charge in [-0.1, -0.05) is 60.7 Å². The number of carboxylic acids is 2. The molecular formula is C30H31F6N3O5. The van der Waals surface area contributed by atoms with Gasteiger partial charge in [-0.05, 0) is 41.3 Å². The fourth-order valence-electron chi connectivity index (χ4n) is 3.89. The molecule has 1 saturated carbocycles. The number of nitrogens with zero attached hydrogens (tertiary/aromatic N) is 1. The van der Waals surface area contributed by atoms with Crippen LogP contribution >= 0.6 is 0 Å². The van der Waals surface area contributed by atoms with Crippen LogP contribution in [-0.4, -0.2) is 60.5 Å². The third kappa shape index (κ3) is 12.0. The van der Waals surface area contributed by atoms with Gasteiger partial charge in [0.25, 0.3) is 5.91 Å². The number of hydrogen-bond acceptors (Lipinski definition) is 5. The van der Waals surface area contributed by atoms with Crippen molar-refractivity contribution in [2.45, 2.75) is 43.8 Å². The highest BCUT2D eigenvalue weighted by Crippen LogP contribution is 2.41. The van der Waals surface area contributed by atoms with Gasteiger partial charge in [0.1, 0.15) is 0 Å². The molecule has 14 heteroatoms. The minimum atomic E-state index is -5.08. The van der Waals surface area contributed by atoms with Crippen molar-refractivity contribution < 1.29 is 50.9 Å². The summed E-state index contributed by atoms with van der Waals surface area (Å²) in [7, 11) is 4.16. The minimum Gasteiger partial charge on any atom is -0.475 e. The van der Waals surface area contributed by atoms with E-state index in [0.29, 0.717) is 24.1 Å². The number of para-hydroxylation sites is 1. The number of carbonyl (C=O) groups excluding carboxylic acids is 1. The Morgan fingerprint density at radius 1 is 0.773 bits per heavy atom. The van der Waals surface area contributed by atoms with Gasteiger partial charge in [0.15, 0.2) is 0 Å². The van der Waals surface area contributed by atoms with Crippen LogP contribution in [0.5, 0.6) is 0 Å². The summed E-state index contributed by atoms with van der Waals surface area (Å²) in [4.78, 5) is 32.3. The third-order valence-corrected chi connectivity index (χ3v) is 6.20. The van der Waals surface area contributed by atoms with E-state index in [1.165, 1.54) is 16.8 Å². The van der Waals surface area contributed by atoms with Crippen molar-refractivity contribution in [3.05, 3.63) is 101 Å². The first-order valence-corrected chi connectivity index (χ1v) is 13.0. The summed E-state index contributed by atoms with van der Waals surface area (Å²) in [6.07, 6.45) is -9.02. The second-order valence-corrected chi connectivity index (χ2v) is 9.75. The summed E-state index contributed by atoms with van der Waals surface area (Å²) < 4.78 is 63.5. The summed E-state index contributed by atoms with van der Waals surface area (Å²) in [5.74, 6) is -5.02. The van der Waals surface area contributed by atoms with E-state index in [-0.39, 0.29) is 5.91 Å². The highest BCUT2D eigenvalue weighted by Gasteiger charge is 2.39. The molecule has 2 unspecified atom stereocenters. The lowest BCUT2D eigenvalue weighted by molar-refractivity contribution is -0.193. The van der Waals surface area contributed by atoms with Crippen molar-refractivity contribution >= 4 is 23.5 Å². The molecule has 0 spiro atoms. The fraction of sp³-hybridized carbons (Fsp3) is 0.300. The average Bonchev–Trinajstić information content (AvgIpc) is 3.75. The topological polar surface area (TPSA) is 119 Å². The first kappa shape index (κ1) is 35.6. The number of carbonyl (C=O) groups is 3. The van der Waals surface area contributed by atoms with Crippen molar-refractivity contribution in [2.24, 2.45) is 0 Å². The second kappa shape index (κ2) is 15.8. The van der Waals surface area contributed by atoms with E-state index in [0.717, 1.165) is 18.5 Å². The fourth-order valence-corrected chi connectivity index (χ4v) is 3.89. The molecule has 3 aromatic rings. The lowest BCUT2D eigenvalue weighted by atomic mass is 10.1. The van der Waals surface area contributed by atoms with Gasteiger partial charge in [-0.25, -0.2) is 9.59 Å². The van der Waals surface area contributed by atoms with Crippen LogP contribution in [0.2, 0.25) is 0 Å². The smallest absolute Gasteiger partial charge is 0.475 e. The Morgan fingerprint density at radius 3 is 1.77 bits per heavy atom. The van der Waals surface area contributed by atoms with Crippen molar-refractivity contribution in [1.29, 1.82) is 0 Å². The molecular weight excluding hydrogens is 596 g/mol. The van der Waals surface area contributed by atoms with Crippen molar-refractivity contribution in [3.8, 4) is 0 Å². The van der Waals surface area contributed by atoms with Gasteiger partial charge in [-0.2, -0.15) is 26.3 Å². The van der Waals surface area contributed by atoms with Gasteiger partial charge in [0.2, 0.25) is 0 Å². The molecule has 3 aromatic carbocycles. The summed E-state index contributed by atoms with van der Waals surface area (Å²) in [6.45, 7) is 1.42. The maximum Gasteiger partial charge on any atom is 0.490 e. The SMILES string of the molecule is CN(C)c1ccccc1CNC1CC1c1ccc(C(=O)NCc2ccccc2)cc1.O=C(O)C(F)(F)F.O=C(O)C(F)(F)F. The van der Waals surface area contributed by atoms with Crippen LogP contribution in [0.25, 0.3) is 0 Å². The second-order valence-electron chi connectivity index (χ2n) is 9.75. The van der Waals surface area contributed by atoms with Gasteiger partial charge in [0.05, 0.1) is 0 Å². The first-order chi connectivity index (χ1) is 20.5. The monoisotopic (exact) mass is 627 g/mol. The Hall–Kier alpha value is -4.59. The van der Waals surface area contributed by atoms with Crippen molar-refractivity contribution in [1.82, 2.24) is 10.6 Å². The lowest BCUT2D eigenvalue weighted by Crippen LogP contribution is -2.22. The van der Waals surface area contributed by atoms with Crippen LogP contribution in [0.3, 0.4) is 0 Å². The molecule has 1 aliphatic rings. The largest absolute Gasteiger partial charge is 0.490 e. The number of anilines is 1. The van der Waals surface area contributed by atoms with Gasteiger partial charge in [-0.3, -0.25) is 4.79 Å². The number of rotatable bonds is 8. The van der Waals surface area contributed by atoms with E-state index in [1.54, 1.807) is 0 Å². The summed E-state index contributed by atoms with van der Waals surface area (Å²) in [5.41, 5.74) is 5.68. The molecule has 2 atom stereocenters. The highest BCUT2D eigenvalue weighted by molar-refractivity contribution is 5.94. The number of hydrogen-bond donors (Lipinski definition) is 4. The zero-order chi connectivity index (χ0) is 33.1. The summed E-state index contributed by atoms with van der Waals surface area (Å²) >= 11 is 0. The Balaban J connectivity index is 0.000000402. The van der Waals surface area contributed by atoms with Gasteiger partial charge >= 0.3 is 24.3 Å². The molecule has 0 aromatic heterocycles. The normalized spacial score (nSPS) is 15.5. The van der Waals surface area contributed by atoms with Gasteiger partial charge < -0.3 is 25.7 Å². The van der Waals surface area contributed by atoms with Crippen molar-refractivity contribution in [2.75, 3.05) is 19.0 Å². The van der Waals surface area contributed by atoms with Crippen LogP contribution in [0.1, 0.15) is 39.4 Å². The standard InChI is InChI=1S/C26H29N3O.2C2HF3O2/c1-29(2)25-11-7-6-10-22(25)18-27-24-16-23(24)20-12-14-21(15-13-20)26(30)28-17-19-8-4-3-5-9-19;2*3-2(4,5)1(6)7/h3-15,23-24,27H,16-18H2,1-2H3,(H,28,30);2*(H,6,7). The number of nitrogens with one attached hydrogen (secondary N) is 2. The highest BCUT2D eigenvalue weighted by atomic mass is 19.4. The molecule has 0 radical (unpaired) electrons. The van der Waals surface area contributed by atoms with E-state index < -0.39 is 24.3 Å². The number of benzene rings is 3. The number of halogens is 6. The maximum atomic E-state index is 12.4. The lowest BCUT2D eigenvalue weighted by Gasteiger charge is -2.17. The number of aliphatic carboxylic acids is 2. The Kier molecular flexibility index (Phi) is 12.7. The predicted molar refractivity (Wildman–Crippen MR) is 150 cm³/mol. The molecule has 1 amide bonds. The van der Waals surface area contributed by atoms with Gasteiger partial charge in [-0.15, -0.1) is 0 Å². The molecule has 238 valence electrons. The van der Waals surface area contributed by atoms with Crippen LogP contribution in [0.4, 0.5) is 32.0 Å². The number of amides is 1. The van der Waals surface area contributed by atoms with Crippen LogP contribution in [0, 0.1) is 0 Å². The molecule has 0 bridgehead atoms. The zero-order valence-electron chi connectivity index (χ0n) is 23.6. The number of alkyl halides is 6. The molecule has 4 N–H and O–H groups in total. The molecule has 4 rings (SSSR count). The van der Waals surface area contributed by atoms with E-state index >= 15 is 0 Å². The van der Waals surface area contributed by atoms with Crippen LogP contribution in [-0.2, 0) is 22.7 Å². The first-order valence-electron chi connectivity index (χ1n) is 13.0. The Bertz CT molecular complexity index is 1360. The summed E-state index contributed by atoms with van der Waals surface area (Å²) in [6, 6.07) is 27.0. The summed E-state index contributed by atoms with van der Waals surface area (Å²) in [5, 5.41) is 20.9. The van der Waals surface area contributed by atoms with Crippen LogP contribution < -0.4 is 15.5 Å². The molecule has 0 saturated heterocycles. The molecule has 1 aliphatic carbocycles. The maximum absolute atomic E-state index is 12.4. The van der Waals surface area contributed by atoms with Crippen LogP contribution in [0.15, 0.2) is 78.9 Å². The Morgan fingerprint density at radius 2 is 1.27 bits per heavy atom. The molecule has 1 fully saturated rings. The van der Waals surface area contributed by atoms with Crippen molar-refractivity contribution in [3.63, 3.8) is 0 Å². The molecule has 44 heavy (non-hydrogen) atoms. The third-order valence-electron chi connectivity index (χ3n) is 6.20. The molecule has 8 nitrogen and oxygen atoms in total. The number of carboxylic acid groups (broad SMARTS) is 2. The predicted octanol–water partition coefficient (Wildman–Crippen LogP) is 5.59. The van der Waals surface area contributed by atoms with E-state index in [2.05, 4.69) is 66.0 Å². The molecule has 0 heterocycles. The quantitative estimate of drug-likeness (QED) is 0.240. The zero-order valence-corrected chi connectivity index (χ0v) is 23.6. The van der Waals surface area contributed by atoms with E-state index in [1.807, 2.05) is 42.5 Å². The van der Waals surface area contributed by atoms with Gasteiger partial charge in [0, 0.05) is 50.4 Å². The minimum absolute atomic E-state index is 0.0313. The molecule has 0 aliphatic heterocycles.